The zero-order valence-corrected chi connectivity index (χ0v) is 16.0. The number of rotatable bonds is 6. The molecule has 1 aliphatic rings. The Hall–Kier alpha value is -2.26. The molecular formula is C19H22N4O3S. The van der Waals surface area contributed by atoms with Crippen LogP contribution in [0.4, 0.5) is 0 Å². The molecule has 4 rings (SSSR count). The van der Waals surface area contributed by atoms with Crippen LogP contribution < -0.4 is 5.43 Å². The normalized spacial score (nSPS) is 15.3. The Morgan fingerprint density at radius 1 is 1.33 bits per heavy atom. The Balaban J connectivity index is 1.59. The highest BCUT2D eigenvalue weighted by molar-refractivity contribution is 7.13. The predicted molar refractivity (Wildman–Crippen MR) is 105 cm³/mol. The second-order valence-corrected chi connectivity index (χ2v) is 7.17. The van der Waals surface area contributed by atoms with Crippen LogP contribution in [0.25, 0.3) is 21.6 Å². The second kappa shape index (κ2) is 8.18. The molecule has 1 N–H and O–H groups in total. The highest BCUT2D eigenvalue weighted by Crippen LogP contribution is 2.30. The quantitative estimate of drug-likeness (QED) is 0.705. The lowest BCUT2D eigenvalue weighted by molar-refractivity contribution is 0.0125. The van der Waals surface area contributed by atoms with Gasteiger partial charge in [-0.3, -0.25) is 10.2 Å². The number of carbonyl (C=O) groups excluding carboxylic acids is 1. The van der Waals surface area contributed by atoms with Gasteiger partial charge in [0.25, 0.3) is 5.91 Å². The smallest absolute Gasteiger partial charge is 0.285 e. The van der Waals surface area contributed by atoms with Crippen molar-refractivity contribution in [3.63, 3.8) is 0 Å². The number of morpholine rings is 1. The first-order chi connectivity index (χ1) is 13.3. The van der Waals surface area contributed by atoms with Crippen molar-refractivity contribution >= 4 is 28.1 Å². The van der Waals surface area contributed by atoms with Crippen LogP contribution in [0.2, 0.25) is 0 Å². The van der Waals surface area contributed by atoms with Crippen LogP contribution in [0, 0.1) is 0 Å². The summed E-state index contributed by atoms with van der Waals surface area (Å²) in [4.78, 5) is 17.1. The molecule has 2 aromatic heterocycles. The minimum absolute atomic E-state index is 0.182. The van der Waals surface area contributed by atoms with Gasteiger partial charge in [0.1, 0.15) is 10.7 Å². The molecule has 142 valence electrons. The second-order valence-electron chi connectivity index (χ2n) is 6.31. The van der Waals surface area contributed by atoms with Crippen molar-refractivity contribution in [3.05, 3.63) is 41.4 Å². The summed E-state index contributed by atoms with van der Waals surface area (Å²) >= 11 is 1.48. The number of hydrogen-bond acceptors (Lipinski definition) is 6. The Kier molecular flexibility index (Phi) is 5.49. The summed E-state index contributed by atoms with van der Waals surface area (Å²) < 4.78 is 12.8. The fraction of sp³-hybridized carbons (Fsp3) is 0.368. The van der Waals surface area contributed by atoms with Crippen LogP contribution >= 0.6 is 11.3 Å². The molecule has 27 heavy (non-hydrogen) atoms. The number of aromatic nitrogens is 2. The maximum atomic E-state index is 12.5. The first-order valence-corrected chi connectivity index (χ1v) is 9.81. The fourth-order valence-corrected chi connectivity index (χ4v) is 4.01. The number of nitrogens with one attached hydrogen (secondary N) is 1. The molecular weight excluding hydrogens is 364 g/mol. The van der Waals surface area contributed by atoms with Gasteiger partial charge in [-0.05, 0) is 12.1 Å². The summed E-state index contributed by atoms with van der Waals surface area (Å²) in [5.41, 5.74) is 5.48. The molecule has 0 unspecified atom stereocenters. The minimum Gasteiger partial charge on any atom is -0.383 e. The number of methoxy groups -OCH3 is 1. The average molecular weight is 386 g/mol. The third-order valence-electron chi connectivity index (χ3n) is 4.56. The standard InChI is InChI=1S/C19H22N4O3S/c1-25-9-8-23-16-5-3-2-4-14(16)12-17(23)19-20-15(13-27-19)18(24)21-22-6-10-26-11-7-22/h2-5,12-13H,6-11H2,1H3,(H,21,24). The van der Waals surface area contributed by atoms with Gasteiger partial charge in [0.05, 0.1) is 25.5 Å². The van der Waals surface area contributed by atoms with Crippen LogP contribution in [0.15, 0.2) is 35.7 Å². The van der Waals surface area contributed by atoms with Crippen LogP contribution in [0.5, 0.6) is 0 Å². The number of nitrogens with zero attached hydrogens (tertiary/aromatic N) is 3. The van der Waals surface area contributed by atoms with Gasteiger partial charge in [0.2, 0.25) is 0 Å². The van der Waals surface area contributed by atoms with Gasteiger partial charge in [-0.25, -0.2) is 9.99 Å². The minimum atomic E-state index is -0.182. The molecule has 1 saturated heterocycles. The third-order valence-corrected chi connectivity index (χ3v) is 5.42. The Labute approximate surface area is 161 Å². The van der Waals surface area contributed by atoms with E-state index in [1.807, 2.05) is 22.5 Å². The number of ether oxygens (including phenoxy) is 2. The van der Waals surface area contributed by atoms with Crippen molar-refractivity contribution in [1.29, 1.82) is 0 Å². The van der Waals surface area contributed by atoms with Crippen molar-refractivity contribution < 1.29 is 14.3 Å². The summed E-state index contributed by atoms with van der Waals surface area (Å²) in [6.45, 7) is 3.97. The van der Waals surface area contributed by atoms with E-state index in [4.69, 9.17) is 9.47 Å². The molecule has 0 spiro atoms. The summed E-state index contributed by atoms with van der Waals surface area (Å²) in [5, 5.41) is 5.66. The van der Waals surface area contributed by atoms with Crippen LogP contribution in [-0.4, -0.2) is 60.5 Å². The third kappa shape index (κ3) is 3.89. The van der Waals surface area contributed by atoms with E-state index in [1.54, 1.807) is 7.11 Å². The Bertz CT molecular complexity index is 930. The van der Waals surface area contributed by atoms with Gasteiger partial charge >= 0.3 is 0 Å². The number of amides is 1. The number of fused-ring (bicyclic) bond motifs is 1. The molecule has 0 saturated carbocycles. The number of carbonyl (C=O) groups is 1. The molecule has 0 aliphatic carbocycles. The number of thiazole rings is 1. The summed E-state index contributed by atoms with van der Waals surface area (Å²) in [7, 11) is 1.70. The molecule has 0 atom stereocenters. The summed E-state index contributed by atoms with van der Waals surface area (Å²) in [6.07, 6.45) is 0. The van der Waals surface area contributed by atoms with E-state index in [9.17, 15) is 4.79 Å². The SMILES string of the molecule is COCCn1c(-c2nc(C(=O)NN3CCOCC3)cs2)cc2ccccc21. The zero-order valence-electron chi connectivity index (χ0n) is 15.2. The van der Waals surface area contributed by atoms with E-state index < -0.39 is 0 Å². The first-order valence-electron chi connectivity index (χ1n) is 8.93. The number of benzene rings is 1. The van der Waals surface area contributed by atoms with E-state index >= 15 is 0 Å². The molecule has 1 amide bonds. The molecule has 7 nitrogen and oxygen atoms in total. The van der Waals surface area contributed by atoms with Gasteiger partial charge < -0.3 is 14.0 Å². The molecule has 0 radical (unpaired) electrons. The van der Waals surface area contributed by atoms with E-state index in [-0.39, 0.29) is 5.91 Å². The van der Waals surface area contributed by atoms with Crippen molar-refractivity contribution in [2.75, 3.05) is 40.0 Å². The van der Waals surface area contributed by atoms with Gasteiger partial charge in [-0.1, -0.05) is 18.2 Å². The highest BCUT2D eigenvalue weighted by Gasteiger charge is 2.19. The maximum absolute atomic E-state index is 12.5. The molecule has 1 aromatic carbocycles. The summed E-state index contributed by atoms with van der Waals surface area (Å²) in [5.74, 6) is -0.182. The van der Waals surface area contributed by atoms with Gasteiger partial charge in [-0.2, -0.15) is 0 Å². The largest absolute Gasteiger partial charge is 0.383 e. The zero-order chi connectivity index (χ0) is 18.6. The molecule has 3 heterocycles. The van der Waals surface area contributed by atoms with Crippen molar-refractivity contribution in [2.45, 2.75) is 6.54 Å². The Morgan fingerprint density at radius 3 is 2.96 bits per heavy atom. The number of hydrogen-bond donors (Lipinski definition) is 1. The van der Waals surface area contributed by atoms with Crippen molar-refractivity contribution in [2.24, 2.45) is 0 Å². The lowest BCUT2D eigenvalue weighted by Crippen LogP contribution is -2.48. The van der Waals surface area contributed by atoms with E-state index in [2.05, 4.69) is 33.2 Å². The van der Waals surface area contributed by atoms with E-state index in [0.29, 0.717) is 38.6 Å². The van der Waals surface area contributed by atoms with Gasteiger partial charge in [-0.15, -0.1) is 11.3 Å². The van der Waals surface area contributed by atoms with Gasteiger partial charge in [0.15, 0.2) is 0 Å². The average Bonchev–Trinajstić information content (AvgIpc) is 3.32. The maximum Gasteiger partial charge on any atom is 0.285 e. The number of para-hydroxylation sites is 1. The highest BCUT2D eigenvalue weighted by atomic mass is 32.1. The van der Waals surface area contributed by atoms with E-state index in [1.165, 1.54) is 11.3 Å². The van der Waals surface area contributed by atoms with Crippen LogP contribution in [0.3, 0.4) is 0 Å². The van der Waals surface area contributed by atoms with Crippen molar-refractivity contribution in [3.8, 4) is 10.7 Å². The molecule has 3 aromatic rings. The summed E-state index contributed by atoms with van der Waals surface area (Å²) in [6, 6.07) is 10.3. The molecule has 1 fully saturated rings. The monoisotopic (exact) mass is 386 g/mol. The first kappa shape index (κ1) is 18.1. The lowest BCUT2D eigenvalue weighted by Gasteiger charge is -2.26. The van der Waals surface area contributed by atoms with E-state index in [0.717, 1.165) is 28.1 Å². The number of hydrazine groups is 1. The molecule has 1 aliphatic heterocycles. The molecule has 8 heteroatoms. The van der Waals surface area contributed by atoms with Gasteiger partial charge in [0, 0.05) is 43.0 Å². The lowest BCUT2D eigenvalue weighted by atomic mass is 10.2. The fourth-order valence-electron chi connectivity index (χ4n) is 3.18. The van der Waals surface area contributed by atoms with Crippen molar-refractivity contribution in [1.82, 2.24) is 20.0 Å². The van der Waals surface area contributed by atoms with Crippen LogP contribution in [-0.2, 0) is 16.0 Å². The van der Waals surface area contributed by atoms with Crippen LogP contribution in [0.1, 0.15) is 10.5 Å². The molecule has 0 bridgehead atoms. The predicted octanol–water partition coefficient (Wildman–Crippen LogP) is 2.39. The Morgan fingerprint density at radius 2 is 2.15 bits per heavy atom. The topological polar surface area (TPSA) is 68.6 Å².